The summed E-state index contributed by atoms with van der Waals surface area (Å²) in [5.74, 6) is 2.06. The zero-order valence-electron chi connectivity index (χ0n) is 7.42. The third kappa shape index (κ3) is 2.30. The number of aliphatic hydroxyl groups is 1. The maximum absolute atomic E-state index is 12.5. The Balaban J connectivity index is 2.95. The number of halogens is 1. The van der Waals surface area contributed by atoms with Crippen molar-refractivity contribution in [3.8, 4) is 12.3 Å². The van der Waals surface area contributed by atoms with Gasteiger partial charge in [0.15, 0.2) is 0 Å². The summed E-state index contributed by atoms with van der Waals surface area (Å²) in [6.45, 7) is 1.61. The van der Waals surface area contributed by atoms with Crippen molar-refractivity contribution < 1.29 is 9.50 Å². The Hall–Kier alpha value is -1.33. The van der Waals surface area contributed by atoms with Gasteiger partial charge in [0, 0.05) is 6.42 Å². The molecule has 0 amide bonds. The molecule has 0 bridgehead atoms. The summed E-state index contributed by atoms with van der Waals surface area (Å²) in [6, 6.07) is 5.68. The van der Waals surface area contributed by atoms with Crippen LogP contribution in [0.3, 0.4) is 0 Å². The SMILES string of the molecule is C#CC[C@@](C)(O)c1ccc(F)cc1. The predicted octanol–water partition coefficient (Wildman–Crippen LogP) is 2.06. The predicted molar refractivity (Wildman–Crippen MR) is 49.4 cm³/mol. The van der Waals surface area contributed by atoms with E-state index in [1.165, 1.54) is 24.3 Å². The summed E-state index contributed by atoms with van der Waals surface area (Å²) in [5.41, 5.74) is -0.436. The van der Waals surface area contributed by atoms with E-state index >= 15 is 0 Å². The minimum atomic E-state index is -1.07. The monoisotopic (exact) mass is 178 g/mol. The molecule has 0 aromatic heterocycles. The highest BCUT2D eigenvalue weighted by Gasteiger charge is 2.21. The largest absolute Gasteiger partial charge is 0.384 e. The minimum absolute atomic E-state index is 0.221. The van der Waals surface area contributed by atoms with E-state index in [1.807, 2.05) is 0 Å². The van der Waals surface area contributed by atoms with E-state index < -0.39 is 5.60 Å². The highest BCUT2D eigenvalue weighted by molar-refractivity contribution is 5.23. The third-order valence-electron chi connectivity index (χ3n) is 1.91. The highest BCUT2D eigenvalue weighted by atomic mass is 19.1. The quantitative estimate of drug-likeness (QED) is 0.687. The Morgan fingerprint density at radius 2 is 2.00 bits per heavy atom. The lowest BCUT2D eigenvalue weighted by Crippen LogP contribution is -2.19. The minimum Gasteiger partial charge on any atom is -0.384 e. The van der Waals surface area contributed by atoms with Crippen LogP contribution in [-0.4, -0.2) is 5.11 Å². The van der Waals surface area contributed by atoms with Gasteiger partial charge in [-0.2, -0.15) is 0 Å². The van der Waals surface area contributed by atoms with E-state index in [-0.39, 0.29) is 12.2 Å². The van der Waals surface area contributed by atoms with Crippen LogP contribution < -0.4 is 0 Å². The molecule has 0 saturated carbocycles. The van der Waals surface area contributed by atoms with Crippen molar-refractivity contribution in [3.05, 3.63) is 35.6 Å². The average Bonchev–Trinajstić information content (AvgIpc) is 2.05. The van der Waals surface area contributed by atoms with Gasteiger partial charge in [-0.15, -0.1) is 12.3 Å². The van der Waals surface area contributed by atoms with Gasteiger partial charge < -0.3 is 5.11 Å². The van der Waals surface area contributed by atoms with Crippen LogP contribution in [0.2, 0.25) is 0 Å². The molecular weight excluding hydrogens is 167 g/mol. The van der Waals surface area contributed by atoms with E-state index in [9.17, 15) is 9.50 Å². The molecule has 1 rings (SSSR count). The molecule has 1 atom stereocenters. The van der Waals surface area contributed by atoms with Gasteiger partial charge >= 0.3 is 0 Å². The number of terminal acetylenes is 1. The molecule has 0 radical (unpaired) electrons. The van der Waals surface area contributed by atoms with Gasteiger partial charge in [-0.05, 0) is 24.6 Å². The van der Waals surface area contributed by atoms with Crippen molar-refractivity contribution in [2.75, 3.05) is 0 Å². The zero-order valence-corrected chi connectivity index (χ0v) is 7.42. The van der Waals surface area contributed by atoms with Crippen molar-refractivity contribution in [2.24, 2.45) is 0 Å². The van der Waals surface area contributed by atoms with Crippen LogP contribution in [-0.2, 0) is 5.60 Å². The molecule has 0 saturated heterocycles. The van der Waals surface area contributed by atoms with Crippen molar-refractivity contribution in [1.29, 1.82) is 0 Å². The van der Waals surface area contributed by atoms with Gasteiger partial charge in [-0.3, -0.25) is 0 Å². The first kappa shape index (κ1) is 9.76. The summed E-state index contributed by atoms with van der Waals surface area (Å²) in [5, 5.41) is 9.81. The third-order valence-corrected chi connectivity index (χ3v) is 1.91. The second-order valence-corrected chi connectivity index (χ2v) is 3.16. The fraction of sp³-hybridized carbons (Fsp3) is 0.273. The Bertz CT molecular complexity index is 319. The first-order valence-corrected chi connectivity index (χ1v) is 3.98. The lowest BCUT2D eigenvalue weighted by Gasteiger charge is -2.20. The second kappa shape index (κ2) is 3.59. The van der Waals surface area contributed by atoms with Crippen LogP contribution in [0, 0.1) is 18.2 Å². The average molecular weight is 178 g/mol. The van der Waals surface area contributed by atoms with Crippen LogP contribution in [0.1, 0.15) is 18.9 Å². The molecule has 1 N–H and O–H groups in total. The first-order valence-electron chi connectivity index (χ1n) is 3.98. The Morgan fingerprint density at radius 3 is 2.46 bits per heavy atom. The van der Waals surface area contributed by atoms with Gasteiger partial charge in [0.25, 0.3) is 0 Å². The van der Waals surface area contributed by atoms with Crippen molar-refractivity contribution >= 4 is 0 Å². The molecular formula is C11H11FO. The second-order valence-electron chi connectivity index (χ2n) is 3.16. The van der Waals surface area contributed by atoms with E-state index in [4.69, 9.17) is 6.42 Å². The molecule has 0 fully saturated rings. The summed E-state index contributed by atoms with van der Waals surface area (Å²) >= 11 is 0. The topological polar surface area (TPSA) is 20.2 Å². The van der Waals surface area contributed by atoms with E-state index in [1.54, 1.807) is 6.92 Å². The smallest absolute Gasteiger partial charge is 0.123 e. The van der Waals surface area contributed by atoms with Crippen LogP contribution in [0.25, 0.3) is 0 Å². The summed E-state index contributed by atoms with van der Waals surface area (Å²) in [6.07, 6.45) is 5.32. The molecule has 13 heavy (non-hydrogen) atoms. The van der Waals surface area contributed by atoms with Crippen LogP contribution >= 0.6 is 0 Å². The van der Waals surface area contributed by atoms with Crippen molar-refractivity contribution in [2.45, 2.75) is 18.9 Å². The molecule has 0 aliphatic rings. The Kier molecular flexibility index (Phi) is 2.69. The standard InChI is InChI=1S/C11H11FO/c1-3-8-11(2,13)9-4-6-10(12)7-5-9/h1,4-7,13H,8H2,2H3/t11-/m1/s1. The first-order chi connectivity index (χ1) is 6.06. The highest BCUT2D eigenvalue weighted by Crippen LogP contribution is 2.23. The van der Waals surface area contributed by atoms with E-state index in [2.05, 4.69) is 5.92 Å². The van der Waals surface area contributed by atoms with Crippen molar-refractivity contribution in [1.82, 2.24) is 0 Å². The van der Waals surface area contributed by atoms with E-state index in [0.29, 0.717) is 5.56 Å². The van der Waals surface area contributed by atoms with Crippen LogP contribution in [0.15, 0.2) is 24.3 Å². The maximum Gasteiger partial charge on any atom is 0.123 e. The molecule has 0 aliphatic heterocycles. The molecule has 1 aromatic rings. The molecule has 0 unspecified atom stereocenters. The lowest BCUT2D eigenvalue weighted by atomic mass is 9.93. The van der Waals surface area contributed by atoms with Crippen LogP contribution in [0.5, 0.6) is 0 Å². The Labute approximate surface area is 77.2 Å². The fourth-order valence-electron chi connectivity index (χ4n) is 1.11. The molecule has 1 aromatic carbocycles. The van der Waals surface area contributed by atoms with Gasteiger partial charge in [0.2, 0.25) is 0 Å². The van der Waals surface area contributed by atoms with Gasteiger partial charge in [-0.25, -0.2) is 4.39 Å². The van der Waals surface area contributed by atoms with E-state index in [0.717, 1.165) is 0 Å². The summed E-state index contributed by atoms with van der Waals surface area (Å²) < 4.78 is 12.5. The summed E-state index contributed by atoms with van der Waals surface area (Å²) in [7, 11) is 0. The normalized spacial score (nSPS) is 14.6. The molecule has 0 heterocycles. The zero-order chi connectivity index (χ0) is 9.90. The molecule has 2 heteroatoms. The lowest BCUT2D eigenvalue weighted by molar-refractivity contribution is 0.0629. The number of hydrogen-bond donors (Lipinski definition) is 1. The molecule has 1 nitrogen and oxygen atoms in total. The number of rotatable bonds is 2. The van der Waals surface area contributed by atoms with Gasteiger partial charge in [0.05, 0.1) is 5.60 Å². The van der Waals surface area contributed by atoms with Crippen molar-refractivity contribution in [3.63, 3.8) is 0 Å². The summed E-state index contributed by atoms with van der Waals surface area (Å²) in [4.78, 5) is 0. The molecule has 68 valence electrons. The fourth-order valence-corrected chi connectivity index (χ4v) is 1.11. The number of benzene rings is 1. The van der Waals surface area contributed by atoms with Gasteiger partial charge in [0.1, 0.15) is 5.82 Å². The van der Waals surface area contributed by atoms with Crippen LogP contribution in [0.4, 0.5) is 4.39 Å². The Morgan fingerprint density at radius 1 is 1.46 bits per heavy atom. The maximum atomic E-state index is 12.5. The molecule has 0 aliphatic carbocycles. The number of hydrogen-bond acceptors (Lipinski definition) is 1. The molecule has 0 spiro atoms. The van der Waals surface area contributed by atoms with Gasteiger partial charge in [-0.1, -0.05) is 12.1 Å².